The molecule has 0 unspecified atom stereocenters. The van der Waals surface area contributed by atoms with Gasteiger partial charge in [-0.05, 0) is 43.5 Å². The Bertz CT molecular complexity index is 717. The summed E-state index contributed by atoms with van der Waals surface area (Å²) in [6.45, 7) is 9.22. The van der Waals surface area contributed by atoms with Crippen molar-refractivity contribution in [3.05, 3.63) is 65.2 Å². The molecule has 0 atom stereocenters. The fourth-order valence-corrected chi connectivity index (χ4v) is 3.44. The molecule has 1 heterocycles. The minimum Gasteiger partial charge on any atom is -0.494 e. The first kappa shape index (κ1) is 19.4. The molecule has 0 aromatic heterocycles. The maximum atomic E-state index is 12.5. The number of rotatable bonds is 7. The van der Waals surface area contributed by atoms with E-state index in [0.29, 0.717) is 13.0 Å². The lowest BCUT2D eigenvalue weighted by atomic mass is 10.1. The number of hydrogen-bond acceptors (Lipinski definition) is 3. The Morgan fingerprint density at radius 1 is 0.926 bits per heavy atom. The molecule has 2 aromatic carbocycles. The summed E-state index contributed by atoms with van der Waals surface area (Å²) in [6.07, 6.45) is 1.42. The van der Waals surface area contributed by atoms with Crippen molar-refractivity contribution in [2.24, 2.45) is 0 Å². The molecule has 1 fully saturated rings. The summed E-state index contributed by atoms with van der Waals surface area (Å²) in [5.74, 6) is 1.20. The van der Waals surface area contributed by atoms with Gasteiger partial charge >= 0.3 is 0 Å². The Hall–Kier alpha value is -2.33. The average molecular weight is 367 g/mol. The van der Waals surface area contributed by atoms with Crippen LogP contribution in [0.4, 0.5) is 0 Å². The van der Waals surface area contributed by atoms with Gasteiger partial charge in [-0.3, -0.25) is 9.69 Å². The Balaban J connectivity index is 1.41. The van der Waals surface area contributed by atoms with Gasteiger partial charge in [0.05, 0.1) is 6.61 Å². The molecule has 2 aromatic rings. The van der Waals surface area contributed by atoms with Crippen molar-refractivity contribution in [3.63, 3.8) is 0 Å². The van der Waals surface area contributed by atoms with Crippen LogP contribution in [-0.4, -0.2) is 48.5 Å². The van der Waals surface area contributed by atoms with Crippen molar-refractivity contribution in [1.82, 2.24) is 9.80 Å². The van der Waals surface area contributed by atoms with Crippen LogP contribution in [0.2, 0.25) is 0 Å². The fraction of sp³-hybridized carbons (Fsp3) is 0.435. The Morgan fingerprint density at radius 3 is 2.19 bits per heavy atom. The molecule has 27 heavy (non-hydrogen) atoms. The lowest BCUT2D eigenvalue weighted by molar-refractivity contribution is -0.133. The van der Waals surface area contributed by atoms with Crippen LogP contribution in [0.3, 0.4) is 0 Å². The number of piperazine rings is 1. The minimum absolute atomic E-state index is 0.274. The summed E-state index contributed by atoms with van der Waals surface area (Å²) in [5, 5.41) is 0. The second-order valence-corrected chi connectivity index (χ2v) is 7.22. The maximum absolute atomic E-state index is 12.5. The van der Waals surface area contributed by atoms with Crippen molar-refractivity contribution >= 4 is 5.91 Å². The highest BCUT2D eigenvalue weighted by Crippen LogP contribution is 2.15. The molecule has 1 aliphatic heterocycles. The quantitative estimate of drug-likeness (QED) is 0.749. The Labute approximate surface area is 162 Å². The van der Waals surface area contributed by atoms with Gasteiger partial charge in [-0.2, -0.15) is 0 Å². The third kappa shape index (κ3) is 5.83. The standard InChI is InChI=1S/C23H30N2O2/c1-3-27-22-11-8-21(9-12-22)18-24-14-16-25(17-15-24)23(26)13-10-20-6-4-19(2)5-7-20/h4-9,11-12H,3,10,13-18H2,1-2H3. The van der Waals surface area contributed by atoms with Gasteiger partial charge in [0.2, 0.25) is 5.91 Å². The number of carbonyl (C=O) groups excluding carboxylic acids is 1. The van der Waals surface area contributed by atoms with Crippen LogP contribution in [-0.2, 0) is 17.8 Å². The zero-order valence-electron chi connectivity index (χ0n) is 16.5. The van der Waals surface area contributed by atoms with Gasteiger partial charge in [0.25, 0.3) is 0 Å². The van der Waals surface area contributed by atoms with Crippen LogP contribution in [0.25, 0.3) is 0 Å². The maximum Gasteiger partial charge on any atom is 0.222 e. The van der Waals surface area contributed by atoms with E-state index in [1.807, 2.05) is 24.0 Å². The van der Waals surface area contributed by atoms with E-state index in [1.165, 1.54) is 16.7 Å². The summed E-state index contributed by atoms with van der Waals surface area (Å²) in [7, 11) is 0. The Morgan fingerprint density at radius 2 is 1.56 bits per heavy atom. The van der Waals surface area contributed by atoms with E-state index < -0.39 is 0 Å². The van der Waals surface area contributed by atoms with Crippen molar-refractivity contribution in [1.29, 1.82) is 0 Å². The van der Waals surface area contributed by atoms with Gasteiger partial charge in [-0.15, -0.1) is 0 Å². The molecule has 1 amide bonds. The first-order chi connectivity index (χ1) is 13.1. The number of hydrogen-bond donors (Lipinski definition) is 0. The molecule has 0 aliphatic carbocycles. The van der Waals surface area contributed by atoms with Gasteiger partial charge < -0.3 is 9.64 Å². The molecule has 144 valence electrons. The zero-order valence-corrected chi connectivity index (χ0v) is 16.5. The normalized spacial score (nSPS) is 15.0. The van der Waals surface area contributed by atoms with E-state index in [9.17, 15) is 4.79 Å². The fourth-order valence-electron chi connectivity index (χ4n) is 3.44. The molecule has 0 saturated carbocycles. The molecule has 0 N–H and O–H groups in total. The highest BCUT2D eigenvalue weighted by Gasteiger charge is 2.20. The predicted octanol–water partition coefficient (Wildman–Crippen LogP) is 3.67. The van der Waals surface area contributed by atoms with Crippen LogP contribution in [0.15, 0.2) is 48.5 Å². The number of amides is 1. The first-order valence-corrected chi connectivity index (χ1v) is 9.91. The number of aryl methyl sites for hydroxylation is 2. The SMILES string of the molecule is CCOc1ccc(CN2CCN(C(=O)CCc3ccc(C)cc3)CC2)cc1. The average Bonchev–Trinajstić information content (AvgIpc) is 2.70. The minimum atomic E-state index is 0.274. The van der Waals surface area contributed by atoms with Crippen LogP contribution in [0.5, 0.6) is 5.75 Å². The van der Waals surface area contributed by atoms with Crippen LogP contribution in [0, 0.1) is 6.92 Å². The third-order valence-corrected chi connectivity index (χ3v) is 5.11. The molecule has 0 spiro atoms. The highest BCUT2D eigenvalue weighted by molar-refractivity contribution is 5.76. The number of carbonyl (C=O) groups is 1. The summed E-state index contributed by atoms with van der Waals surface area (Å²) >= 11 is 0. The van der Waals surface area contributed by atoms with Crippen molar-refractivity contribution in [2.75, 3.05) is 32.8 Å². The number of nitrogens with zero attached hydrogens (tertiary/aromatic N) is 2. The molecular weight excluding hydrogens is 336 g/mol. The van der Waals surface area contributed by atoms with E-state index in [0.717, 1.165) is 44.9 Å². The van der Waals surface area contributed by atoms with E-state index in [-0.39, 0.29) is 5.91 Å². The number of benzene rings is 2. The monoisotopic (exact) mass is 366 g/mol. The first-order valence-electron chi connectivity index (χ1n) is 9.91. The van der Waals surface area contributed by atoms with Gasteiger partial charge in [0.1, 0.15) is 5.75 Å². The van der Waals surface area contributed by atoms with Gasteiger partial charge in [0, 0.05) is 39.1 Å². The summed E-state index contributed by atoms with van der Waals surface area (Å²) < 4.78 is 5.49. The van der Waals surface area contributed by atoms with Crippen molar-refractivity contribution in [2.45, 2.75) is 33.2 Å². The largest absolute Gasteiger partial charge is 0.494 e. The van der Waals surface area contributed by atoms with Gasteiger partial charge in [0.15, 0.2) is 0 Å². The molecule has 1 aliphatic rings. The topological polar surface area (TPSA) is 32.8 Å². The molecule has 1 saturated heterocycles. The molecule has 3 rings (SSSR count). The molecule has 0 bridgehead atoms. The molecular formula is C23H30N2O2. The second-order valence-electron chi connectivity index (χ2n) is 7.22. The highest BCUT2D eigenvalue weighted by atomic mass is 16.5. The van der Waals surface area contributed by atoms with E-state index in [4.69, 9.17) is 4.74 Å². The third-order valence-electron chi connectivity index (χ3n) is 5.11. The lowest BCUT2D eigenvalue weighted by Crippen LogP contribution is -2.48. The molecule has 4 heteroatoms. The van der Waals surface area contributed by atoms with Crippen LogP contribution >= 0.6 is 0 Å². The van der Waals surface area contributed by atoms with Crippen molar-refractivity contribution in [3.8, 4) is 5.75 Å². The van der Waals surface area contributed by atoms with E-state index in [2.05, 4.69) is 48.2 Å². The Kier molecular flexibility index (Phi) is 6.88. The lowest BCUT2D eigenvalue weighted by Gasteiger charge is -2.35. The number of ether oxygens (including phenoxy) is 1. The smallest absolute Gasteiger partial charge is 0.222 e. The summed E-state index contributed by atoms with van der Waals surface area (Å²) in [6, 6.07) is 16.8. The zero-order chi connectivity index (χ0) is 19.1. The second kappa shape index (κ2) is 9.56. The van der Waals surface area contributed by atoms with Crippen LogP contribution in [0.1, 0.15) is 30.0 Å². The van der Waals surface area contributed by atoms with E-state index >= 15 is 0 Å². The summed E-state index contributed by atoms with van der Waals surface area (Å²) in [5.41, 5.74) is 3.79. The van der Waals surface area contributed by atoms with Crippen molar-refractivity contribution < 1.29 is 9.53 Å². The molecule has 0 radical (unpaired) electrons. The van der Waals surface area contributed by atoms with Gasteiger partial charge in [-0.25, -0.2) is 0 Å². The van der Waals surface area contributed by atoms with Crippen LogP contribution < -0.4 is 4.74 Å². The summed E-state index contributed by atoms with van der Waals surface area (Å²) in [4.78, 5) is 16.9. The molecule has 4 nitrogen and oxygen atoms in total. The predicted molar refractivity (Wildman–Crippen MR) is 109 cm³/mol. The van der Waals surface area contributed by atoms with Gasteiger partial charge in [-0.1, -0.05) is 42.0 Å². The van der Waals surface area contributed by atoms with E-state index in [1.54, 1.807) is 0 Å².